The molecule has 4 amide bonds. The molecule has 19 N–H and O–H groups in total. The summed E-state index contributed by atoms with van der Waals surface area (Å²) in [5.41, 5.74) is 0. The van der Waals surface area contributed by atoms with Crippen molar-refractivity contribution >= 4 is 23.6 Å². The van der Waals surface area contributed by atoms with Gasteiger partial charge in [0.05, 0.1) is 45.7 Å². The van der Waals surface area contributed by atoms with Crippen molar-refractivity contribution in [2.45, 2.75) is 174 Å². The Morgan fingerprint density at radius 1 is 0.556 bits per heavy atom. The van der Waals surface area contributed by atoms with E-state index >= 15 is 0 Å². The maximum atomic E-state index is 13.0. The van der Waals surface area contributed by atoms with Gasteiger partial charge < -0.3 is 131 Å². The first-order chi connectivity index (χ1) is 34.1. The van der Waals surface area contributed by atoms with Crippen molar-refractivity contribution in [3.8, 4) is 0 Å². The van der Waals surface area contributed by atoms with Crippen molar-refractivity contribution in [1.82, 2.24) is 26.6 Å². The number of amides is 4. The van der Waals surface area contributed by atoms with Gasteiger partial charge in [-0.2, -0.15) is 0 Å². The van der Waals surface area contributed by atoms with E-state index in [1.54, 1.807) is 0 Å². The lowest BCUT2D eigenvalue weighted by molar-refractivity contribution is -0.366. The summed E-state index contributed by atoms with van der Waals surface area (Å²) in [5, 5.41) is 157. The van der Waals surface area contributed by atoms with Crippen molar-refractivity contribution in [2.24, 2.45) is 0 Å². The van der Waals surface area contributed by atoms with Crippen molar-refractivity contribution in [3.05, 3.63) is 0 Å². The van der Waals surface area contributed by atoms with Crippen LogP contribution in [0.1, 0.15) is 39.0 Å². The Hall–Kier alpha value is -3.04. The molecule has 0 aliphatic carbocycles. The molecule has 4 fully saturated rings. The summed E-state index contributed by atoms with van der Waals surface area (Å²) in [6.45, 7) is -1.94. The van der Waals surface area contributed by atoms with Crippen LogP contribution in [0.4, 0.5) is 0 Å². The van der Waals surface area contributed by atoms with Crippen molar-refractivity contribution in [1.29, 1.82) is 0 Å². The monoisotopic (exact) mass is 1050 g/mol. The number of carbonyl (C=O) groups is 4. The Labute approximate surface area is 412 Å². The van der Waals surface area contributed by atoms with Crippen LogP contribution in [0.3, 0.4) is 0 Å². The molecule has 31 nitrogen and oxygen atoms in total. The number of ether oxygens (including phenoxy) is 8. The Morgan fingerprint density at radius 2 is 1.08 bits per heavy atom. The maximum Gasteiger partial charge on any atom is 0.243 e. The fraction of sp³-hybridized carbons (Fsp3) is 0.902. The molecular formula is C41H73N5O26. The van der Waals surface area contributed by atoms with Crippen molar-refractivity contribution < 1.29 is 129 Å². The number of rotatable bonds is 27. The van der Waals surface area contributed by atoms with Gasteiger partial charge in [-0.05, 0) is 26.2 Å². The summed E-state index contributed by atoms with van der Waals surface area (Å²) >= 11 is 0. The number of aliphatic hydroxyl groups excluding tert-OH is 14. The highest BCUT2D eigenvalue weighted by Crippen LogP contribution is 2.31. The highest BCUT2D eigenvalue weighted by Gasteiger charge is 2.52. The van der Waals surface area contributed by atoms with Crippen LogP contribution in [-0.4, -0.2) is 290 Å². The zero-order chi connectivity index (χ0) is 53.4. The second kappa shape index (κ2) is 29.9. The third-order valence-electron chi connectivity index (χ3n) is 12.2. The van der Waals surface area contributed by atoms with E-state index in [4.69, 9.17) is 37.9 Å². The van der Waals surface area contributed by atoms with Gasteiger partial charge in [-0.1, -0.05) is 0 Å². The van der Waals surface area contributed by atoms with Gasteiger partial charge in [0.25, 0.3) is 0 Å². The molecule has 22 atom stereocenters. The molecule has 418 valence electrons. The Bertz CT molecular complexity index is 1660. The fourth-order valence-electron chi connectivity index (χ4n) is 7.82. The highest BCUT2D eigenvalue weighted by atomic mass is 16.8. The molecule has 4 rings (SSSR count). The lowest BCUT2D eigenvalue weighted by Gasteiger charge is -2.46. The Morgan fingerprint density at radius 3 is 1.69 bits per heavy atom. The number of hydrogen-bond donors (Lipinski definition) is 19. The van der Waals surface area contributed by atoms with Crippen LogP contribution in [0.25, 0.3) is 0 Å². The molecule has 72 heavy (non-hydrogen) atoms. The largest absolute Gasteiger partial charge is 0.394 e. The van der Waals surface area contributed by atoms with Crippen molar-refractivity contribution in [3.63, 3.8) is 0 Å². The van der Waals surface area contributed by atoms with Gasteiger partial charge in [-0.25, -0.2) is 0 Å². The zero-order valence-electron chi connectivity index (χ0n) is 39.6. The van der Waals surface area contributed by atoms with E-state index in [0.717, 1.165) is 0 Å². The smallest absolute Gasteiger partial charge is 0.243 e. The first-order valence-electron chi connectivity index (χ1n) is 23.4. The van der Waals surface area contributed by atoms with E-state index < -0.39 is 185 Å². The molecule has 0 spiro atoms. The highest BCUT2D eigenvalue weighted by molar-refractivity contribution is 5.90. The Kier molecular flexibility index (Phi) is 25.5. The summed E-state index contributed by atoms with van der Waals surface area (Å²) in [7, 11) is 1.34. The topological polar surface area (TPSA) is 485 Å². The minimum absolute atomic E-state index is 0.0157. The zero-order valence-corrected chi connectivity index (χ0v) is 39.6. The molecule has 0 aromatic rings. The lowest BCUT2D eigenvalue weighted by atomic mass is 9.96. The van der Waals surface area contributed by atoms with E-state index in [-0.39, 0.29) is 58.4 Å². The molecule has 0 saturated carbocycles. The third-order valence-corrected chi connectivity index (χ3v) is 12.2. The normalized spacial score (nSPS) is 38.1. The first kappa shape index (κ1) is 61.5. The maximum absolute atomic E-state index is 13.0. The second-order valence-electron chi connectivity index (χ2n) is 17.5. The van der Waals surface area contributed by atoms with Crippen LogP contribution in [0.2, 0.25) is 0 Å². The third kappa shape index (κ3) is 17.2. The first-order valence-corrected chi connectivity index (χ1v) is 23.4. The summed E-state index contributed by atoms with van der Waals surface area (Å²) in [6.07, 6.45) is -34.6. The number of nitrogens with one attached hydrogen (secondary N) is 5. The molecule has 0 aromatic heterocycles. The van der Waals surface area contributed by atoms with E-state index in [2.05, 4.69) is 26.6 Å². The van der Waals surface area contributed by atoms with Crippen LogP contribution in [0, 0.1) is 0 Å². The number of likely N-dealkylation sites (N-methyl/N-ethyl adjacent to an activating group) is 1. The molecular weight excluding hydrogens is 978 g/mol. The molecule has 4 aliphatic rings. The van der Waals surface area contributed by atoms with Gasteiger partial charge in [0.1, 0.15) is 104 Å². The SMILES string of the molecule is CNC(=O)CNC(=O)[C@H](CCC(O)NCCO[C@H]1O[C@H](CO[C@H]2O[C@H](CO)[C@@H](O)[C@H](O)[C@@H]2O)[C@@H](O)[C@H](O[C@H]2O[C@H](CO)[C@@H](O)[C@H](O)[C@@H]2O)[C@@H]1O)NC(=O)CCCC(=O)NCCO[C@@H]1O[C@@H](C)[C@@H](O)[C@@H](O)[C@@H]1O. The van der Waals surface area contributed by atoms with Gasteiger partial charge in [-0.3, -0.25) is 24.5 Å². The predicted octanol–water partition coefficient (Wildman–Crippen LogP) is -11.4. The van der Waals surface area contributed by atoms with Gasteiger partial charge in [0.15, 0.2) is 25.2 Å². The molecule has 0 radical (unpaired) electrons. The minimum atomic E-state index is -1.97. The van der Waals surface area contributed by atoms with Crippen LogP contribution in [-0.2, 0) is 57.1 Å². The van der Waals surface area contributed by atoms with Gasteiger partial charge in [-0.15, -0.1) is 0 Å². The second-order valence-corrected chi connectivity index (χ2v) is 17.5. The number of carbonyl (C=O) groups excluding carboxylic acids is 4. The fourth-order valence-corrected chi connectivity index (χ4v) is 7.82. The van der Waals surface area contributed by atoms with Crippen molar-refractivity contribution in [2.75, 3.05) is 59.7 Å². The summed E-state index contributed by atoms with van der Waals surface area (Å²) < 4.78 is 44.1. The molecule has 0 aromatic carbocycles. The van der Waals surface area contributed by atoms with Crippen LogP contribution >= 0.6 is 0 Å². The van der Waals surface area contributed by atoms with E-state index in [1.807, 2.05) is 0 Å². The van der Waals surface area contributed by atoms with E-state index in [9.17, 15) is 90.7 Å². The summed E-state index contributed by atoms with van der Waals surface area (Å²) in [4.78, 5) is 50.1. The average Bonchev–Trinajstić information content (AvgIpc) is 3.36. The summed E-state index contributed by atoms with van der Waals surface area (Å²) in [5.74, 6) is -2.40. The van der Waals surface area contributed by atoms with Gasteiger partial charge in [0, 0.05) is 33.0 Å². The standard InChI is InChI=1S/C41H73N5O26/c1-16-25(53)29(57)32(60)38(68-16)65-10-8-43-21(49)4-3-5-23(51)46-17(37(64)45-12-24(52)42-2)6-7-22(50)44-9-11-66-40-35(63)36(72-41-34(62)31(59)27(55)19(14-48)70-41)28(56)20(71-40)15-67-39-33(61)30(58)26(54)18(13-47)69-39/h16-20,22,25-36,38-41,44,47-48,50,53-63H,3-15H2,1-2H3,(H,42,52)(H,43,49)(H,45,64)(H,46,51)/t16-,17-,18+,19+,20+,22?,25+,26+,27+,28+,29+,30-,31-,32-,33-,34-,35-,36-,38+,39-,40-,41+/m0/s1. The molecule has 4 saturated heterocycles. The number of aliphatic hydroxyl groups is 14. The molecule has 0 bridgehead atoms. The molecule has 4 heterocycles. The summed E-state index contributed by atoms with van der Waals surface area (Å²) in [6, 6.07) is -1.26. The molecule has 1 unspecified atom stereocenters. The number of hydrogen-bond acceptors (Lipinski definition) is 27. The Balaban J connectivity index is 1.28. The quantitative estimate of drug-likeness (QED) is 0.0268. The minimum Gasteiger partial charge on any atom is -0.394 e. The molecule has 4 aliphatic heterocycles. The van der Waals surface area contributed by atoms with Gasteiger partial charge >= 0.3 is 0 Å². The van der Waals surface area contributed by atoms with Crippen LogP contribution in [0.5, 0.6) is 0 Å². The lowest BCUT2D eigenvalue weighted by Crippen LogP contribution is -2.65. The van der Waals surface area contributed by atoms with Gasteiger partial charge in [0.2, 0.25) is 23.6 Å². The van der Waals surface area contributed by atoms with Crippen LogP contribution < -0.4 is 26.6 Å². The average molecular weight is 1050 g/mol. The van der Waals surface area contributed by atoms with E-state index in [1.165, 1.54) is 14.0 Å². The van der Waals surface area contributed by atoms with Crippen LogP contribution in [0.15, 0.2) is 0 Å². The predicted molar refractivity (Wildman–Crippen MR) is 232 cm³/mol. The van der Waals surface area contributed by atoms with E-state index in [0.29, 0.717) is 0 Å². The molecule has 31 heteroatoms.